The minimum atomic E-state index is -0.380. The number of benzene rings is 1. The van der Waals surface area contributed by atoms with Crippen molar-refractivity contribution in [1.82, 2.24) is 10.2 Å². The highest BCUT2D eigenvalue weighted by atomic mass is 32.2. The van der Waals surface area contributed by atoms with Crippen LogP contribution in [-0.4, -0.2) is 41.0 Å². The van der Waals surface area contributed by atoms with Crippen molar-refractivity contribution >= 4 is 40.0 Å². The molecular formula is C24H27N3O5S2. The second-order valence-electron chi connectivity index (χ2n) is 7.94. The maximum Gasteiger partial charge on any atom is 0.341 e. The van der Waals surface area contributed by atoms with E-state index in [1.807, 2.05) is 31.2 Å². The van der Waals surface area contributed by atoms with Gasteiger partial charge in [-0.25, -0.2) is 4.79 Å². The van der Waals surface area contributed by atoms with E-state index in [0.717, 1.165) is 52.8 Å². The van der Waals surface area contributed by atoms with Gasteiger partial charge in [0.1, 0.15) is 10.8 Å². The van der Waals surface area contributed by atoms with Crippen molar-refractivity contribution in [3.8, 4) is 17.2 Å². The Bertz CT molecular complexity index is 1160. The zero-order valence-electron chi connectivity index (χ0n) is 19.4. The zero-order chi connectivity index (χ0) is 24.1. The van der Waals surface area contributed by atoms with Crippen LogP contribution < -0.4 is 10.1 Å². The lowest BCUT2D eigenvalue weighted by Gasteiger charge is -2.18. The fourth-order valence-electron chi connectivity index (χ4n) is 3.79. The van der Waals surface area contributed by atoms with Crippen LogP contribution in [0, 0.1) is 5.92 Å². The first-order chi connectivity index (χ1) is 16.5. The van der Waals surface area contributed by atoms with Gasteiger partial charge in [-0.1, -0.05) is 18.7 Å². The molecule has 180 valence electrons. The third kappa shape index (κ3) is 5.61. The van der Waals surface area contributed by atoms with Gasteiger partial charge in [-0.3, -0.25) is 4.79 Å². The molecule has 0 spiro atoms. The number of ether oxygens (including phenoxy) is 2. The fraction of sp³-hybridized carbons (Fsp3) is 0.417. The van der Waals surface area contributed by atoms with Gasteiger partial charge in [-0.15, -0.1) is 21.5 Å². The van der Waals surface area contributed by atoms with Crippen LogP contribution in [0.4, 0.5) is 5.00 Å². The zero-order valence-corrected chi connectivity index (χ0v) is 21.0. The Hall–Kier alpha value is -2.85. The Kier molecular flexibility index (Phi) is 7.89. The largest absolute Gasteiger partial charge is 0.494 e. The van der Waals surface area contributed by atoms with Crippen LogP contribution in [0.3, 0.4) is 0 Å². The van der Waals surface area contributed by atoms with Crippen LogP contribution in [0.5, 0.6) is 5.75 Å². The summed E-state index contributed by atoms with van der Waals surface area (Å²) in [5.41, 5.74) is 2.29. The van der Waals surface area contributed by atoms with Crippen molar-refractivity contribution in [2.75, 3.05) is 24.3 Å². The molecule has 1 amide bonds. The van der Waals surface area contributed by atoms with Gasteiger partial charge in [0.25, 0.3) is 5.22 Å². The Balaban J connectivity index is 1.40. The van der Waals surface area contributed by atoms with E-state index in [9.17, 15) is 9.59 Å². The van der Waals surface area contributed by atoms with Crippen LogP contribution in [0.15, 0.2) is 33.9 Å². The van der Waals surface area contributed by atoms with Gasteiger partial charge < -0.3 is 19.2 Å². The van der Waals surface area contributed by atoms with Crippen molar-refractivity contribution < 1.29 is 23.5 Å². The summed E-state index contributed by atoms with van der Waals surface area (Å²) in [5.74, 6) is 1.14. The predicted molar refractivity (Wildman–Crippen MR) is 132 cm³/mol. The number of thiophene rings is 1. The summed E-state index contributed by atoms with van der Waals surface area (Å²) in [6.45, 7) is 6.79. The molecular weight excluding hydrogens is 474 g/mol. The molecule has 1 aliphatic carbocycles. The first-order valence-corrected chi connectivity index (χ1v) is 13.1. The second-order valence-corrected chi connectivity index (χ2v) is 9.98. The molecule has 1 unspecified atom stereocenters. The average molecular weight is 502 g/mol. The highest BCUT2D eigenvalue weighted by molar-refractivity contribution is 7.99. The standard InChI is InChI=1S/C24H27N3O5S2/c1-4-30-16-9-7-15(8-10-16)21-26-27-24(32-21)33-13-19(28)25-22-20(23(29)31-5-2)17-11-6-14(3)12-18(17)34-22/h7-10,14H,4-6,11-13H2,1-3H3,(H,25,28). The molecule has 0 aliphatic heterocycles. The summed E-state index contributed by atoms with van der Waals surface area (Å²) in [6, 6.07) is 7.36. The monoisotopic (exact) mass is 501 g/mol. The van der Waals surface area contributed by atoms with Crippen LogP contribution in [0.2, 0.25) is 0 Å². The molecule has 1 N–H and O–H groups in total. The number of anilines is 1. The first kappa shape index (κ1) is 24.3. The van der Waals surface area contributed by atoms with Gasteiger partial charge in [0, 0.05) is 10.4 Å². The number of thioether (sulfide) groups is 1. The Labute approximate surface area is 206 Å². The van der Waals surface area contributed by atoms with E-state index in [1.54, 1.807) is 6.92 Å². The lowest BCUT2D eigenvalue weighted by atomic mass is 9.88. The lowest BCUT2D eigenvalue weighted by molar-refractivity contribution is -0.113. The number of aromatic nitrogens is 2. The van der Waals surface area contributed by atoms with Crippen LogP contribution >= 0.6 is 23.1 Å². The molecule has 0 bridgehead atoms. The smallest absolute Gasteiger partial charge is 0.341 e. The fourth-order valence-corrected chi connectivity index (χ4v) is 5.77. The molecule has 8 nitrogen and oxygen atoms in total. The molecule has 0 saturated carbocycles. The summed E-state index contributed by atoms with van der Waals surface area (Å²) >= 11 is 2.62. The Morgan fingerprint density at radius 3 is 2.74 bits per heavy atom. The molecule has 0 saturated heterocycles. The summed E-state index contributed by atoms with van der Waals surface area (Å²) in [4.78, 5) is 26.5. The maximum absolute atomic E-state index is 12.7. The number of hydrogen-bond acceptors (Lipinski definition) is 9. The molecule has 1 atom stereocenters. The normalized spacial score (nSPS) is 15.0. The molecule has 34 heavy (non-hydrogen) atoms. The highest BCUT2D eigenvalue weighted by Gasteiger charge is 2.29. The van der Waals surface area contributed by atoms with E-state index in [0.29, 0.717) is 34.2 Å². The quantitative estimate of drug-likeness (QED) is 0.314. The number of rotatable bonds is 9. The van der Waals surface area contributed by atoms with E-state index in [1.165, 1.54) is 11.3 Å². The van der Waals surface area contributed by atoms with Crippen molar-refractivity contribution in [3.63, 3.8) is 0 Å². The summed E-state index contributed by atoms with van der Waals surface area (Å²) in [7, 11) is 0. The van der Waals surface area contributed by atoms with Crippen LogP contribution in [0.1, 0.15) is 48.0 Å². The minimum Gasteiger partial charge on any atom is -0.494 e. The van der Waals surface area contributed by atoms with Crippen molar-refractivity contribution in [2.24, 2.45) is 5.92 Å². The van der Waals surface area contributed by atoms with Crippen molar-refractivity contribution in [1.29, 1.82) is 0 Å². The number of nitrogens with one attached hydrogen (secondary N) is 1. The predicted octanol–water partition coefficient (Wildman–Crippen LogP) is 5.23. The van der Waals surface area contributed by atoms with Gasteiger partial charge in [0.15, 0.2) is 0 Å². The molecule has 2 aromatic heterocycles. The molecule has 3 aromatic rings. The number of fused-ring (bicyclic) bond motifs is 1. The number of hydrogen-bond donors (Lipinski definition) is 1. The van der Waals surface area contributed by atoms with Gasteiger partial charge in [-0.05, 0) is 68.9 Å². The van der Waals surface area contributed by atoms with Gasteiger partial charge in [0.2, 0.25) is 11.8 Å². The van der Waals surface area contributed by atoms with Gasteiger partial charge in [-0.2, -0.15) is 0 Å². The summed E-state index contributed by atoms with van der Waals surface area (Å²) in [5, 5.41) is 11.8. The molecule has 4 rings (SSSR count). The molecule has 10 heteroatoms. The van der Waals surface area contributed by atoms with E-state index in [4.69, 9.17) is 13.9 Å². The number of carbonyl (C=O) groups is 2. The van der Waals surface area contributed by atoms with Crippen LogP contribution in [0.25, 0.3) is 11.5 Å². The lowest BCUT2D eigenvalue weighted by Crippen LogP contribution is -2.17. The Morgan fingerprint density at radius 1 is 1.21 bits per heavy atom. The van der Waals surface area contributed by atoms with Crippen LogP contribution in [-0.2, 0) is 22.4 Å². The second kappa shape index (κ2) is 11.1. The summed E-state index contributed by atoms with van der Waals surface area (Å²) in [6.07, 6.45) is 2.75. The van der Waals surface area contributed by atoms with Gasteiger partial charge >= 0.3 is 5.97 Å². The average Bonchev–Trinajstić information content (AvgIpc) is 3.43. The highest BCUT2D eigenvalue weighted by Crippen LogP contribution is 2.40. The molecule has 2 heterocycles. The SMILES string of the molecule is CCOC(=O)c1c(NC(=O)CSc2nnc(-c3ccc(OCC)cc3)o2)sc2c1CCC(C)C2. The molecule has 1 aliphatic rings. The van der Waals surface area contributed by atoms with E-state index < -0.39 is 0 Å². The van der Waals surface area contributed by atoms with E-state index in [-0.39, 0.29) is 24.2 Å². The number of carbonyl (C=O) groups excluding carboxylic acids is 2. The molecule has 0 radical (unpaired) electrons. The third-order valence-corrected chi connectivity index (χ3v) is 7.38. The van der Waals surface area contributed by atoms with Crippen molar-refractivity contribution in [3.05, 3.63) is 40.3 Å². The van der Waals surface area contributed by atoms with E-state index in [2.05, 4.69) is 22.4 Å². The number of esters is 1. The number of nitrogens with zero attached hydrogens (tertiary/aromatic N) is 2. The topological polar surface area (TPSA) is 104 Å². The Morgan fingerprint density at radius 2 is 2.00 bits per heavy atom. The number of amides is 1. The maximum atomic E-state index is 12.7. The van der Waals surface area contributed by atoms with Crippen molar-refractivity contribution in [2.45, 2.75) is 45.3 Å². The minimum absolute atomic E-state index is 0.0755. The third-order valence-electron chi connectivity index (χ3n) is 5.39. The first-order valence-electron chi connectivity index (χ1n) is 11.3. The summed E-state index contributed by atoms with van der Waals surface area (Å²) < 4.78 is 16.4. The molecule has 1 aromatic carbocycles. The van der Waals surface area contributed by atoms with E-state index >= 15 is 0 Å². The molecule has 0 fully saturated rings. The van der Waals surface area contributed by atoms with Gasteiger partial charge in [0.05, 0.1) is 24.5 Å².